The Morgan fingerprint density at radius 1 is 1.38 bits per heavy atom. The molecule has 0 aliphatic heterocycles. The number of fused-ring (bicyclic) bond motifs is 1. The highest BCUT2D eigenvalue weighted by Gasteiger charge is 2.24. The summed E-state index contributed by atoms with van der Waals surface area (Å²) in [6.45, 7) is 4.30. The van der Waals surface area contributed by atoms with Crippen molar-refractivity contribution in [1.29, 1.82) is 0 Å². The first-order valence-electron chi connectivity index (χ1n) is 8.72. The summed E-state index contributed by atoms with van der Waals surface area (Å²) < 4.78 is 1.63. The maximum absolute atomic E-state index is 12.7. The monoisotopic (exact) mass is 328 g/mol. The smallest absolute Gasteiger partial charge is 0.360 e. The molecular weight excluding hydrogens is 304 g/mol. The molecule has 0 bridgehead atoms. The molecular formula is C19H24N2O3. The summed E-state index contributed by atoms with van der Waals surface area (Å²) in [6, 6.07) is 7.22. The third-order valence-corrected chi connectivity index (χ3v) is 5.16. The van der Waals surface area contributed by atoms with Crippen LogP contribution in [-0.2, 0) is 0 Å². The number of carboxylic acid groups (broad SMARTS) is 1. The van der Waals surface area contributed by atoms with Crippen molar-refractivity contribution in [3.05, 3.63) is 40.3 Å². The molecule has 0 amide bonds. The van der Waals surface area contributed by atoms with Crippen LogP contribution in [0.3, 0.4) is 0 Å². The summed E-state index contributed by atoms with van der Waals surface area (Å²) in [5, 5.41) is 9.31. The number of aromatic nitrogens is 2. The van der Waals surface area contributed by atoms with E-state index < -0.39 is 17.2 Å². The Balaban J connectivity index is 2.02. The Labute approximate surface area is 141 Å². The molecule has 0 radical (unpaired) electrons. The number of hydrogen-bond acceptors (Lipinski definition) is 3. The van der Waals surface area contributed by atoms with Gasteiger partial charge < -0.3 is 9.67 Å². The van der Waals surface area contributed by atoms with Crippen molar-refractivity contribution in [2.75, 3.05) is 0 Å². The van der Waals surface area contributed by atoms with Gasteiger partial charge in [0.2, 0.25) is 5.69 Å². The average Bonchev–Trinajstić information content (AvgIpc) is 2.53. The van der Waals surface area contributed by atoms with Crippen molar-refractivity contribution >= 4 is 17.0 Å². The Morgan fingerprint density at radius 2 is 2.12 bits per heavy atom. The maximum Gasteiger partial charge on any atom is 0.360 e. The molecule has 1 fully saturated rings. The molecule has 1 N–H and O–H groups in total. The first-order valence-corrected chi connectivity index (χ1v) is 8.72. The number of carboxylic acids is 1. The summed E-state index contributed by atoms with van der Waals surface area (Å²) in [5.41, 5.74) is 0.373. The lowest BCUT2D eigenvalue weighted by atomic mass is 9.79. The zero-order valence-corrected chi connectivity index (χ0v) is 14.2. The Hall–Kier alpha value is -2.17. The largest absolute Gasteiger partial charge is 0.476 e. The number of rotatable bonds is 4. The molecule has 1 aliphatic carbocycles. The molecule has 3 atom stereocenters. The van der Waals surface area contributed by atoms with Gasteiger partial charge in [0.15, 0.2) is 0 Å². The standard InChI is InChI=1S/C19H24N2O3/c1-12-6-5-7-14(10-12)11-13(2)21-16-9-4-3-8-15(16)20-17(18(21)22)19(23)24/h3-4,8-9,12-14H,5-7,10-11H2,1-2H3,(H,23,24)/t12-,13-,14+/m0/s1. The Bertz CT molecular complexity index is 812. The molecule has 1 saturated carbocycles. The van der Waals surface area contributed by atoms with E-state index in [4.69, 9.17) is 0 Å². The molecule has 0 saturated heterocycles. The van der Waals surface area contributed by atoms with Crippen molar-refractivity contribution in [2.24, 2.45) is 11.8 Å². The van der Waals surface area contributed by atoms with Gasteiger partial charge in [-0.05, 0) is 43.7 Å². The van der Waals surface area contributed by atoms with Crippen LogP contribution < -0.4 is 5.56 Å². The fourth-order valence-electron chi connectivity index (χ4n) is 4.09. The lowest BCUT2D eigenvalue weighted by Gasteiger charge is -2.29. The molecule has 2 aromatic rings. The van der Waals surface area contributed by atoms with Crippen molar-refractivity contribution in [2.45, 2.75) is 52.0 Å². The van der Waals surface area contributed by atoms with Gasteiger partial charge in [-0.2, -0.15) is 0 Å². The minimum absolute atomic E-state index is 0.0428. The van der Waals surface area contributed by atoms with Crippen LogP contribution in [0.2, 0.25) is 0 Å². The van der Waals surface area contributed by atoms with Crippen LogP contribution in [0.4, 0.5) is 0 Å². The molecule has 1 aromatic carbocycles. The topological polar surface area (TPSA) is 72.2 Å². The summed E-state index contributed by atoms with van der Waals surface area (Å²) in [4.78, 5) is 28.1. The quantitative estimate of drug-likeness (QED) is 0.924. The van der Waals surface area contributed by atoms with Crippen LogP contribution in [0.1, 0.15) is 62.5 Å². The van der Waals surface area contributed by atoms with E-state index in [1.807, 2.05) is 25.1 Å². The SMILES string of the molecule is C[C@H]1CCC[C@@H](C[C@H](C)n2c(=O)c(C(=O)O)nc3ccccc32)C1. The second kappa shape index (κ2) is 6.75. The number of aromatic carboxylic acids is 1. The van der Waals surface area contributed by atoms with Crippen LogP contribution in [0.15, 0.2) is 29.1 Å². The van der Waals surface area contributed by atoms with Gasteiger partial charge in [-0.1, -0.05) is 38.3 Å². The van der Waals surface area contributed by atoms with Crippen LogP contribution in [-0.4, -0.2) is 20.6 Å². The molecule has 3 rings (SSSR count). The van der Waals surface area contributed by atoms with E-state index in [2.05, 4.69) is 11.9 Å². The minimum atomic E-state index is -1.27. The van der Waals surface area contributed by atoms with Gasteiger partial charge in [-0.25, -0.2) is 9.78 Å². The van der Waals surface area contributed by atoms with Crippen LogP contribution in [0.25, 0.3) is 11.0 Å². The predicted octanol–water partition coefficient (Wildman–Crippen LogP) is 3.87. The Morgan fingerprint density at radius 3 is 2.83 bits per heavy atom. The third-order valence-electron chi connectivity index (χ3n) is 5.16. The highest BCUT2D eigenvalue weighted by molar-refractivity contribution is 5.88. The number of hydrogen-bond donors (Lipinski definition) is 1. The second-order valence-electron chi connectivity index (χ2n) is 7.15. The third kappa shape index (κ3) is 3.21. The zero-order chi connectivity index (χ0) is 17.3. The van der Waals surface area contributed by atoms with Gasteiger partial charge in [0.1, 0.15) is 0 Å². The zero-order valence-electron chi connectivity index (χ0n) is 14.2. The predicted molar refractivity (Wildman–Crippen MR) is 93.4 cm³/mol. The van der Waals surface area contributed by atoms with E-state index >= 15 is 0 Å². The molecule has 5 nitrogen and oxygen atoms in total. The van der Waals surface area contributed by atoms with Crippen LogP contribution in [0, 0.1) is 11.8 Å². The van der Waals surface area contributed by atoms with Crippen LogP contribution >= 0.6 is 0 Å². The number of nitrogens with zero attached hydrogens (tertiary/aromatic N) is 2. The molecule has 24 heavy (non-hydrogen) atoms. The second-order valence-corrected chi connectivity index (χ2v) is 7.15. The fraction of sp³-hybridized carbons (Fsp3) is 0.526. The lowest BCUT2D eigenvalue weighted by Crippen LogP contribution is -2.31. The number of para-hydroxylation sites is 2. The minimum Gasteiger partial charge on any atom is -0.476 e. The van der Waals surface area contributed by atoms with E-state index in [9.17, 15) is 14.7 Å². The van der Waals surface area contributed by atoms with Crippen molar-refractivity contribution in [3.63, 3.8) is 0 Å². The van der Waals surface area contributed by atoms with Gasteiger partial charge in [0.25, 0.3) is 5.56 Å². The molecule has 0 spiro atoms. The number of benzene rings is 1. The molecule has 0 unspecified atom stereocenters. The van der Waals surface area contributed by atoms with E-state index in [-0.39, 0.29) is 6.04 Å². The summed E-state index contributed by atoms with van der Waals surface area (Å²) in [6.07, 6.45) is 5.81. The Kier molecular flexibility index (Phi) is 4.69. The van der Waals surface area contributed by atoms with Crippen molar-refractivity contribution < 1.29 is 9.90 Å². The van der Waals surface area contributed by atoms with Gasteiger partial charge >= 0.3 is 5.97 Å². The van der Waals surface area contributed by atoms with E-state index in [1.165, 1.54) is 25.7 Å². The van der Waals surface area contributed by atoms with Gasteiger partial charge in [-0.15, -0.1) is 0 Å². The van der Waals surface area contributed by atoms with Gasteiger partial charge in [0.05, 0.1) is 11.0 Å². The first-order chi connectivity index (χ1) is 11.5. The van der Waals surface area contributed by atoms with Gasteiger partial charge in [-0.3, -0.25) is 4.79 Å². The average molecular weight is 328 g/mol. The maximum atomic E-state index is 12.7. The van der Waals surface area contributed by atoms with E-state index in [0.29, 0.717) is 17.0 Å². The highest BCUT2D eigenvalue weighted by Crippen LogP contribution is 2.34. The fourth-order valence-corrected chi connectivity index (χ4v) is 4.09. The van der Waals surface area contributed by atoms with Crippen molar-refractivity contribution in [3.8, 4) is 0 Å². The summed E-state index contributed by atoms with van der Waals surface area (Å²) >= 11 is 0. The normalized spacial score (nSPS) is 22.4. The first kappa shape index (κ1) is 16.7. The van der Waals surface area contributed by atoms with E-state index in [0.717, 1.165) is 12.3 Å². The summed E-state index contributed by atoms with van der Waals surface area (Å²) in [7, 11) is 0. The molecule has 1 aliphatic rings. The highest BCUT2D eigenvalue weighted by atomic mass is 16.4. The van der Waals surface area contributed by atoms with Crippen LogP contribution in [0.5, 0.6) is 0 Å². The van der Waals surface area contributed by atoms with Crippen molar-refractivity contribution in [1.82, 2.24) is 9.55 Å². The molecule has 1 heterocycles. The molecule has 1 aromatic heterocycles. The van der Waals surface area contributed by atoms with Gasteiger partial charge in [0, 0.05) is 6.04 Å². The molecule has 5 heteroatoms. The lowest BCUT2D eigenvalue weighted by molar-refractivity contribution is 0.0688. The number of carbonyl (C=O) groups is 1. The molecule has 128 valence electrons. The summed E-state index contributed by atoms with van der Waals surface area (Å²) in [5.74, 6) is 0.0604. The van der Waals surface area contributed by atoms with E-state index in [1.54, 1.807) is 10.6 Å².